The first-order valence-electron chi connectivity index (χ1n) is 5.66. The largest absolute Gasteiger partial charge is 0.319 e. The average Bonchev–Trinajstić information content (AvgIpc) is 2.68. The number of hydrogen-bond acceptors (Lipinski definition) is 2. The molecule has 0 aliphatic rings. The van der Waals surface area contributed by atoms with E-state index in [0.717, 1.165) is 22.6 Å². The second-order valence-electron chi connectivity index (χ2n) is 3.99. The van der Waals surface area contributed by atoms with Gasteiger partial charge < -0.3 is 5.32 Å². The van der Waals surface area contributed by atoms with Gasteiger partial charge in [-0.15, -0.1) is 0 Å². The zero-order chi connectivity index (χ0) is 13.1. The summed E-state index contributed by atoms with van der Waals surface area (Å²) in [6.45, 7) is 5.37. The summed E-state index contributed by atoms with van der Waals surface area (Å²) in [5, 5.41) is 7.24. The van der Waals surface area contributed by atoms with Crippen LogP contribution in [0.1, 0.15) is 5.69 Å². The number of benzene rings is 1. The molecule has 2 aromatic rings. The molecular weight excluding hydrogens is 226 g/mol. The van der Waals surface area contributed by atoms with Crippen LogP contribution in [0.4, 0.5) is 5.69 Å². The molecular formula is C14H15N3O. The van der Waals surface area contributed by atoms with Crippen molar-refractivity contribution in [2.24, 2.45) is 7.05 Å². The Morgan fingerprint density at radius 3 is 2.67 bits per heavy atom. The summed E-state index contributed by atoms with van der Waals surface area (Å²) >= 11 is 0. The number of aromatic nitrogens is 2. The summed E-state index contributed by atoms with van der Waals surface area (Å²) in [5.41, 5.74) is 3.38. The lowest BCUT2D eigenvalue weighted by Gasteiger charge is -2.04. The highest BCUT2D eigenvalue weighted by atomic mass is 16.1. The molecule has 92 valence electrons. The van der Waals surface area contributed by atoms with Crippen LogP contribution >= 0.6 is 0 Å². The highest BCUT2D eigenvalue weighted by Crippen LogP contribution is 2.29. The van der Waals surface area contributed by atoms with Crippen molar-refractivity contribution in [1.82, 2.24) is 9.78 Å². The zero-order valence-corrected chi connectivity index (χ0v) is 10.5. The van der Waals surface area contributed by atoms with Gasteiger partial charge in [-0.05, 0) is 13.0 Å². The molecule has 1 aromatic carbocycles. The third-order valence-electron chi connectivity index (χ3n) is 2.81. The minimum atomic E-state index is -0.233. The Hall–Kier alpha value is -2.36. The number of amides is 1. The quantitative estimate of drug-likeness (QED) is 0.839. The molecule has 1 amide bonds. The van der Waals surface area contributed by atoms with Crippen LogP contribution in [0.2, 0.25) is 0 Å². The first-order chi connectivity index (χ1) is 8.63. The number of nitrogens with one attached hydrogen (secondary N) is 1. The fraction of sp³-hybridized carbons (Fsp3) is 0.143. The molecule has 0 aliphatic carbocycles. The maximum Gasteiger partial charge on any atom is 0.247 e. The summed E-state index contributed by atoms with van der Waals surface area (Å²) in [5.74, 6) is -0.233. The molecule has 1 heterocycles. The predicted molar refractivity (Wildman–Crippen MR) is 72.2 cm³/mol. The molecule has 18 heavy (non-hydrogen) atoms. The SMILES string of the molecule is C=CC(=O)Nc1c(-c2ccccc2)nn(C)c1C. The number of hydrogen-bond donors (Lipinski definition) is 1. The topological polar surface area (TPSA) is 46.9 Å². The average molecular weight is 241 g/mol. The monoisotopic (exact) mass is 241 g/mol. The van der Waals surface area contributed by atoms with Crippen molar-refractivity contribution in [3.8, 4) is 11.3 Å². The molecule has 0 spiro atoms. The lowest BCUT2D eigenvalue weighted by Crippen LogP contribution is -2.08. The predicted octanol–water partition coefficient (Wildman–Crippen LogP) is 2.52. The number of rotatable bonds is 3. The van der Waals surface area contributed by atoms with Crippen LogP contribution in [0, 0.1) is 6.92 Å². The first kappa shape index (κ1) is 12.1. The van der Waals surface area contributed by atoms with E-state index in [1.54, 1.807) is 4.68 Å². The van der Waals surface area contributed by atoms with Gasteiger partial charge in [0.2, 0.25) is 5.91 Å². The molecule has 0 atom stereocenters. The van der Waals surface area contributed by atoms with Crippen molar-refractivity contribution in [1.29, 1.82) is 0 Å². The van der Waals surface area contributed by atoms with Crippen molar-refractivity contribution in [2.45, 2.75) is 6.92 Å². The van der Waals surface area contributed by atoms with Gasteiger partial charge in [-0.25, -0.2) is 0 Å². The third kappa shape index (κ3) is 2.18. The van der Waals surface area contributed by atoms with Crippen molar-refractivity contribution >= 4 is 11.6 Å². The number of nitrogens with zero attached hydrogens (tertiary/aromatic N) is 2. The summed E-state index contributed by atoms with van der Waals surface area (Å²) in [6, 6.07) is 9.76. The van der Waals surface area contributed by atoms with Crippen LogP contribution in [0.25, 0.3) is 11.3 Å². The lowest BCUT2D eigenvalue weighted by atomic mass is 10.1. The van der Waals surface area contributed by atoms with E-state index in [2.05, 4.69) is 17.0 Å². The Morgan fingerprint density at radius 1 is 1.39 bits per heavy atom. The van der Waals surface area contributed by atoms with Gasteiger partial charge in [0.1, 0.15) is 5.69 Å². The smallest absolute Gasteiger partial charge is 0.247 e. The maximum atomic E-state index is 11.5. The van der Waals surface area contributed by atoms with E-state index < -0.39 is 0 Å². The zero-order valence-electron chi connectivity index (χ0n) is 10.5. The fourth-order valence-electron chi connectivity index (χ4n) is 1.73. The van der Waals surface area contributed by atoms with Gasteiger partial charge in [-0.3, -0.25) is 9.48 Å². The lowest BCUT2D eigenvalue weighted by molar-refractivity contribution is -0.111. The Labute approximate surface area is 106 Å². The third-order valence-corrected chi connectivity index (χ3v) is 2.81. The van der Waals surface area contributed by atoms with Gasteiger partial charge in [0.25, 0.3) is 0 Å². The second-order valence-corrected chi connectivity index (χ2v) is 3.99. The standard InChI is InChI=1S/C14H15N3O/c1-4-12(18)15-13-10(2)17(3)16-14(13)11-8-6-5-7-9-11/h4-9H,1H2,2-3H3,(H,15,18). The Kier molecular flexibility index (Phi) is 3.28. The van der Waals surface area contributed by atoms with E-state index in [0.29, 0.717) is 0 Å². The highest BCUT2D eigenvalue weighted by molar-refractivity contribution is 6.01. The van der Waals surface area contributed by atoms with Crippen molar-refractivity contribution in [2.75, 3.05) is 5.32 Å². The van der Waals surface area contributed by atoms with E-state index in [1.807, 2.05) is 44.3 Å². The second kappa shape index (κ2) is 4.87. The van der Waals surface area contributed by atoms with Crippen molar-refractivity contribution in [3.05, 3.63) is 48.7 Å². The van der Waals surface area contributed by atoms with Gasteiger partial charge in [0.15, 0.2) is 0 Å². The van der Waals surface area contributed by atoms with Crippen molar-refractivity contribution < 1.29 is 4.79 Å². The van der Waals surface area contributed by atoms with Gasteiger partial charge >= 0.3 is 0 Å². The van der Waals surface area contributed by atoms with Gasteiger partial charge in [-0.2, -0.15) is 5.10 Å². The minimum absolute atomic E-state index is 0.233. The Morgan fingerprint density at radius 2 is 2.06 bits per heavy atom. The molecule has 0 fully saturated rings. The van der Waals surface area contributed by atoms with Crippen LogP contribution in [0.15, 0.2) is 43.0 Å². The van der Waals surface area contributed by atoms with Crippen LogP contribution in [-0.2, 0) is 11.8 Å². The number of anilines is 1. The molecule has 0 aliphatic heterocycles. The van der Waals surface area contributed by atoms with E-state index in [-0.39, 0.29) is 5.91 Å². The summed E-state index contributed by atoms with van der Waals surface area (Å²) in [6.07, 6.45) is 1.25. The number of carbonyl (C=O) groups is 1. The summed E-state index contributed by atoms with van der Waals surface area (Å²) in [7, 11) is 1.85. The molecule has 0 saturated carbocycles. The molecule has 2 rings (SSSR count). The van der Waals surface area contributed by atoms with Gasteiger partial charge in [0.05, 0.1) is 11.4 Å². The molecule has 0 saturated heterocycles. The fourth-order valence-corrected chi connectivity index (χ4v) is 1.73. The molecule has 4 nitrogen and oxygen atoms in total. The van der Waals surface area contributed by atoms with E-state index in [9.17, 15) is 4.79 Å². The van der Waals surface area contributed by atoms with Crippen LogP contribution < -0.4 is 5.32 Å². The normalized spacial score (nSPS) is 10.1. The van der Waals surface area contributed by atoms with Gasteiger partial charge in [-0.1, -0.05) is 36.9 Å². The molecule has 0 bridgehead atoms. The highest BCUT2D eigenvalue weighted by Gasteiger charge is 2.15. The number of aryl methyl sites for hydroxylation is 1. The van der Waals surface area contributed by atoms with Crippen LogP contribution in [0.3, 0.4) is 0 Å². The molecule has 1 aromatic heterocycles. The van der Waals surface area contributed by atoms with Gasteiger partial charge in [0, 0.05) is 12.6 Å². The Balaban J connectivity index is 2.51. The maximum absolute atomic E-state index is 11.5. The van der Waals surface area contributed by atoms with E-state index >= 15 is 0 Å². The Bertz CT molecular complexity index is 585. The van der Waals surface area contributed by atoms with Crippen LogP contribution in [0.5, 0.6) is 0 Å². The molecule has 0 radical (unpaired) electrons. The first-order valence-corrected chi connectivity index (χ1v) is 5.66. The van der Waals surface area contributed by atoms with Crippen LogP contribution in [-0.4, -0.2) is 15.7 Å². The summed E-state index contributed by atoms with van der Waals surface area (Å²) in [4.78, 5) is 11.5. The van der Waals surface area contributed by atoms with E-state index in [1.165, 1.54) is 6.08 Å². The van der Waals surface area contributed by atoms with Crippen molar-refractivity contribution in [3.63, 3.8) is 0 Å². The molecule has 0 unspecified atom stereocenters. The van der Waals surface area contributed by atoms with E-state index in [4.69, 9.17) is 0 Å². The molecule has 4 heteroatoms. The summed E-state index contributed by atoms with van der Waals surface area (Å²) < 4.78 is 1.75. The molecule has 1 N–H and O–H groups in total. The minimum Gasteiger partial charge on any atom is -0.319 e. The number of carbonyl (C=O) groups excluding carboxylic acids is 1.